The van der Waals surface area contributed by atoms with E-state index in [-0.39, 0.29) is 12.0 Å². The van der Waals surface area contributed by atoms with Crippen molar-refractivity contribution >= 4 is 5.91 Å². The summed E-state index contributed by atoms with van der Waals surface area (Å²) in [6, 6.07) is 2.66. The fraction of sp³-hybridized carbons (Fsp3) is 0.538. The maximum absolute atomic E-state index is 11.7. The van der Waals surface area contributed by atoms with Gasteiger partial charge >= 0.3 is 5.63 Å². The van der Waals surface area contributed by atoms with Gasteiger partial charge in [-0.25, -0.2) is 4.79 Å². The summed E-state index contributed by atoms with van der Waals surface area (Å²) in [5.74, 6) is 0.0761. The Labute approximate surface area is 105 Å². The van der Waals surface area contributed by atoms with Crippen LogP contribution in [0, 0.1) is 5.92 Å². The summed E-state index contributed by atoms with van der Waals surface area (Å²) in [4.78, 5) is 22.5. The quantitative estimate of drug-likeness (QED) is 0.837. The molecule has 1 aliphatic carbocycles. The highest BCUT2D eigenvalue weighted by molar-refractivity contribution is 5.93. The van der Waals surface area contributed by atoms with E-state index in [4.69, 9.17) is 0 Å². The molecule has 2 unspecified atom stereocenters. The van der Waals surface area contributed by atoms with Gasteiger partial charge in [-0.05, 0) is 31.2 Å². The molecule has 1 aromatic rings. The Morgan fingerprint density at radius 1 is 1.44 bits per heavy atom. The van der Waals surface area contributed by atoms with Crippen molar-refractivity contribution in [3.63, 3.8) is 0 Å². The van der Waals surface area contributed by atoms with Crippen molar-refractivity contribution in [3.05, 3.63) is 34.4 Å². The molecule has 0 radical (unpaired) electrons. The number of aliphatic hydroxyl groups excluding tert-OH is 1. The predicted molar refractivity (Wildman–Crippen MR) is 65.3 cm³/mol. The van der Waals surface area contributed by atoms with Gasteiger partial charge in [-0.2, -0.15) is 0 Å². The summed E-state index contributed by atoms with van der Waals surface area (Å²) < 4.78 is 4.63. The molecule has 0 aromatic carbocycles. The highest BCUT2D eigenvalue weighted by Crippen LogP contribution is 2.23. The van der Waals surface area contributed by atoms with Gasteiger partial charge in [-0.1, -0.05) is 6.42 Å². The lowest BCUT2D eigenvalue weighted by Gasteiger charge is -2.25. The van der Waals surface area contributed by atoms with E-state index in [2.05, 4.69) is 9.73 Å². The second-order valence-electron chi connectivity index (χ2n) is 4.74. The van der Waals surface area contributed by atoms with Crippen molar-refractivity contribution in [2.45, 2.75) is 31.8 Å². The molecule has 0 bridgehead atoms. The van der Waals surface area contributed by atoms with Gasteiger partial charge < -0.3 is 14.8 Å². The van der Waals surface area contributed by atoms with Gasteiger partial charge in [0, 0.05) is 12.6 Å². The number of rotatable bonds is 3. The SMILES string of the molecule is O=C(NCC1CCCC(O)C1)c1ccc(=O)oc1. The summed E-state index contributed by atoms with van der Waals surface area (Å²) in [5.41, 5.74) is -0.132. The standard InChI is InChI=1S/C13H17NO4/c15-11-3-1-2-9(6-11)7-14-13(17)10-4-5-12(16)18-8-10/h4-5,8-9,11,15H,1-3,6-7H2,(H,14,17). The number of hydrogen-bond donors (Lipinski definition) is 2. The van der Waals surface area contributed by atoms with Crippen molar-refractivity contribution in [1.82, 2.24) is 5.32 Å². The van der Waals surface area contributed by atoms with Crippen LogP contribution >= 0.6 is 0 Å². The normalized spacial score (nSPS) is 23.6. The average Bonchev–Trinajstić information content (AvgIpc) is 2.37. The van der Waals surface area contributed by atoms with E-state index in [1.165, 1.54) is 12.1 Å². The molecule has 5 heteroatoms. The summed E-state index contributed by atoms with van der Waals surface area (Å²) >= 11 is 0. The molecule has 18 heavy (non-hydrogen) atoms. The lowest BCUT2D eigenvalue weighted by Crippen LogP contribution is -2.33. The molecule has 2 N–H and O–H groups in total. The van der Waals surface area contributed by atoms with E-state index in [1.54, 1.807) is 0 Å². The zero-order chi connectivity index (χ0) is 13.0. The first-order valence-electron chi connectivity index (χ1n) is 6.20. The molecule has 1 heterocycles. The van der Waals surface area contributed by atoms with Crippen LogP contribution in [0.4, 0.5) is 0 Å². The topological polar surface area (TPSA) is 79.5 Å². The van der Waals surface area contributed by atoms with E-state index < -0.39 is 5.63 Å². The summed E-state index contributed by atoms with van der Waals surface area (Å²) in [7, 11) is 0. The third-order valence-electron chi connectivity index (χ3n) is 3.27. The van der Waals surface area contributed by atoms with E-state index in [0.29, 0.717) is 18.0 Å². The Morgan fingerprint density at radius 2 is 2.28 bits per heavy atom. The van der Waals surface area contributed by atoms with Crippen LogP contribution in [0.15, 0.2) is 27.6 Å². The summed E-state index contributed by atoms with van der Waals surface area (Å²) in [5, 5.41) is 12.3. The van der Waals surface area contributed by atoms with Gasteiger partial charge in [0.2, 0.25) is 0 Å². The molecular formula is C13H17NO4. The molecule has 1 fully saturated rings. The Bertz CT molecular complexity index is 448. The molecule has 1 aliphatic rings. The van der Waals surface area contributed by atoms with Gasteiger partial charge in [0.15, 0.2) is 0 Å². The monoisotopic (exact) mass is 251 g/mol. The fourth-order valence-electron chi connectivity index (χ4n) is 2.27. The van der Waals surface area contributed by atoms with E-state index >= 15 is 0 Å². The van der Waals surface area contributed by atoms with Crippen molar-refractivity contribution in [2.24, 2.45) is 5.92 Å². The van der Waals surface area contributed by atoms with Crippen LogP contribution in [0.3, 0.4) is 0 Å². The number of aliphatic hydroxyl groups is 1. The van der Waals surface area contributed by atoms with Crippen LogP contribution in [0.2, 0.25) is 0 Å². The highest BCUT2D eigenvalue weighted by atomic mass is 16.4. The molecular weight excluding hydrogens is 234 g/mol. The smallest absolute Gasteiger partial charge is 0.335 e. The van der Waals surface area contributed by atoms with Crippen molar-refractivity contribution in [1.29, 1.82) is 0 Å². The second-order valence-corrected chi connectivity index (χ2v) is 4.74. The Kier molecular flexibility index (Phi) is 4.15. The molecule has 5 nitrogen and oxygen atoms in total. The zero-order valence-electron chi connectivity index (χ0n) is 10.1. The lowest BCUT2D eigenvalue weighted by molar-refractivity contribution is 0.0872. The minimum Gasteiger partial charge on any atom is -0.430 e. The number of carbonyl (C=O) groups is 1. The number of carbonyl (C=O) groups excluding carboxylic acids is 1. The maximum atomic E-state index is 11.7. The number of nitrogens with one attached hydrogen (secondary N) is 1. The van der Waals surface area contributed by atoms with E-state index in [1.807, 2.05) is 0 Å². The predicted octanol–water partition coefficient (Wildman–Crippen LogP) is 0.921. The molecule has 1 saturated carbocycles. The average molecular weight is 251 g/mol. The lowest BCUT2D eigenvalue weighted by atomic mass is 9.87. The molecule has 0 spiro atoms. The van der Waals surface area contributed by atoms with Gasteiger partial charge in [-0.3, -0.25) is 4.79 Å². The molecule has 2 atom stereocenters. The second kappa shape index (κ2) is 5.82. The number of amides is 1. The van der Waals surface area contributed by atoms with Crippen molar-refractivity contribution in [3.8, 4) is 0 Å². The maximum Gasteiger partial charge on any atom is 0.335 e. The molecule has 0 saturated heterocycles. The largest absolute Gasteiger partial charge is 0.430 e. The Balaban J connectivity index is 1.84. The highest BCUT2D eigenvalue weighted by Gasteiger charge is 2.20. The van der Waals surface area contributed by atoms with Gasteiger partial charge in [-0.15, -0.1) is 0 Å². The molecule has 1 aromatic heterocycles. The Hall–Kier alpha value is -1.62. The molecule has 0 aliphatic heterocycles. The van der Waals surface area contributed by atoms with Crippen LogP contribution in [-0.2, 0) is 0 Å². The number of hydrogen-bond acceptors (Lipinski definition) is 4. The minimum atomic E-state index is -0.470. The minimum absolute atomic E-state index is 0.240. The molecule has 1 amide bonds. The van der Waals surface area contributed by atoms with Crippen LogP contribution in [0.5, 0.6) is 0 Å². The van der Waals surface area contributed by atoms with Crippen LogP contribution in [-0.4, -0.2) is 23.7 Å². The fourth-order valence-corrected chi connectivity index (χ4v) is 2.27. The van der Waals surface area contributed by atoms with Crippen LogP contribution in [0.1, 0.15) is 36.0 Å². The molecule has 2 rings (SSSR count). The first kappa shape index (κ1) is 12.8. The third-order valence-corrected chi connectivity index (χ3v) is 3.27. The Morgan fingerprint density at radius 3 is 2.94 bits per heavy atom. The van der Waals surface area contributed by atoms with E-state index in [9.17, 15) is 14.7 Å². The van der Waals surface area contributed by atoms with Crippen LogP contribution in [0.25, 0.3) is 0 Å². The van der Waals surface area contributed by atoms with Gasteiger partial charge in [0.05, 0.1) is 11.7 Å². The summed E-state index contributed by atoms with van der Waals surface area (Å²) in [6.45, 7) is 0.551. The first-order chi connectivity index (χ1) is 8.65. The van der Waals surface area contributed by atoms with Crippen LogP contribution < -0.4 is 10.9 Å². The molecule has 98 valence electrons. The third kappa shape index (κ3) is 3.43. The van der Waals surface area contributed by atoms with Gasteiger partial charge in [0.1, 0.15) is 6.26 Å². The van der Waals surface area contributed by atoms with Gasteiger partial charge in [0.25, 0.3) is 5.91 Å². The summed E-state index contributed by atoms with van der Waals surface area (Å²) in [6.07, 6.45) is 4.55. The zero-order valence-corrected chi connectivity index (χ0v) is 10.1. The van der Waals surface area contributed by atoms with Crippen molar-refractivity contribution < 1.29 is 14.3 Å². The van der Waals surface area contributed by atoms with Crippen molar-refractivity contribution in [2.75, 3.05) is 6.54 Å². The van der Waals surface area contributed by atoms with E-state index in [0.717, 1.165) is 31.9 Å². The first-order valence-corrected chi connectivity index (χ1v) is 6.20.